The third kappa shape index (κ3) is 4.54. The molecule has 0 spiro atoms. The maximum absolute atomic E-state index is 13.4. The summed E-state index contributed by atoms with van der Waals surface area (Å²) < 4.78 is 35.8. The van der Waals surface area contributed by atoms with Crippen LogP contribution in [0, 0.1) is 11.8 Å². The number of carbonyl (C=O) groups excluding carboxylic acids is 1. The number of benzene rings is 1. The number of ether oxygens (including phenoxy) is 2. The maximum Gasteiger partial charge on any atom is 0.247 e. The Morgan fingerprint density at radius 1 is 0.970 bits per heavy atom. The lowest BCUT2D eigenvalue weighted by molar-refractivity contribution is -0.140. The Balaban J connectivity index is 1.50. The molecule has 0 aromatic heterocycles. The molecule has 33 heavy (non-hydrogen) atoms. The fourth-order valence-electron chi connectivity index (χ4n) is 5.57. The second-order valence-corrected chi connectivity index (χ2v) is 11.9. The van der Waals surface area contributed by atoms with E-state index in [1.54, 1.807) is 12.1 Å². The van der Waals surface area contributed by atoms with Crippen LogP contribution in [0.2, 0.25) is 0 Å². The second kappa shape index (κ2) is 9.12. The van der Waals surface area contributed by atoms with E-state index in [2.05, 4.69) is 12.2 Å². The van der Waals surface area contributed by atoms with Gasteiger partial charge in [0.05, 0.1) is 42.4 Å². The smallest absolute Gasteiger partial charge is 0.247 e. The Labute approximate surface area is 195 Å². The normalized spacial score (nSPS) is 27.8. The summed E-state index contributed by atoms with van der Waals surface area (Å²) >= 11 is 0. The number of rotatable bonds is 5. The Kier molecular flexibility index (Phi) is 6.20. The van der Waals surface area contributed by atoms with Gasteiger partial charge in [0.15, 0.2) is 11.5 Å². The van der Waals surface area contributed by atoms with Crippen LogP contribution in [0.3, 0.4) is 0 Å². The number of hydrogen-bond acceptors (Lipinski definition) is 6. The van der Waals surface area contributed by atoms with Gasteiger partial charge < -0.3 is 9.47 Å². The highest BCUT2D eigenvalue weighted by Gasteiger charge is 2.43. The third-order valence-electron chi connectivity index (χ3n) is 7.47. The molecule has 0 radical (unpaired) electrons. The number of methoxy groups -OCH3 is 1. The summed E-state index contributed by atoms with van der Waals surface area (Å²) in [6, 6.07) is 5.75. The van der Waals surface area contributed by atoms with Crippen LogP contribution in [-0.4, -0.2) is 55.8 Å². The van der Waals surface area contributed by atoms with E-state index in [9.17, 15) is 13.2 Å². The average Bonchev–Trinajstić information content (AvgIpc) is 3.33. The summed E-state index contributed by atoms with van der Waals surface area (Å²) in [6.07, 6.45) is 11.2. The molecule has 7 nitrogen and oxygen atoms in total. The fraction of sp³-hybridized carbons (Fsp3) is 0.600. The first kappa shape index (κ1) is 22.4. The van der Waals surface area contributed by atoms with Crippen molar-refractivity contribution >= 4 is 21.5 Å². The average molecular weight is 473 g/mol. The minimum Gasteiger partial charge on any atom is -0.493 e. The van der Waals surface area contributed by atoms with Crippen LogP contribution in [0.4, 0.5) is 0 Å². The predicted molar refractivity (Wildman–Crippen MR) is 126 cm³/mol. The van der Waals surface area contributed by atoms with Crippen LogP contribution in [-0.2, 0) is 14.6 Å². The van der Waals surface area contributed by atoms with Gasteiger partial charge in [0.25, 0.3) is 0 Å². The van der Waals surface area contributed by atoms with E-state index in [0.29, 0.717) is 25.0 Å². The van der Waals surface area contributed by atoms with E-state index in [1.807, 2.05) is 18.2 Å². The quantitative estimate of drug-likeness (QED) is 0.610. The standard InChI is InChI=1S/C25H32N2O5S/c1-31-22-11-10-17(16-23(22)32-19-6-2-3-7-19)24-20-8-4-5-9-21(20)25(28)27(26-24)18-12-14-33(29,30)15-13-18/h4-5,10-11,16,18-21H,2-3,6-9,12-15H2,1H3/t20-,21+/m0/s1. The van der Waals surface area contributed by atoms with Gasteiger partial charge in [0.1, 0.15) is 9.84 Å². The number of fused-ring (bicyclic) bond motifs is 1. The van der Waals surface area contributed by atoms with E-state index < -0.39 is 9.84 Å². The number of nitrogens with zero attached hydrogens (tertiary/aromatic N) is 2. The zero-order valence-corrected chi connectivity index (χ0v) is 19.9. The predicted octanol–water partition coefficient (Wildman–Crippen LogP) is 3.72. The Morgan fingerprint density at radius 3 is 2.36 bits per heavy atom. The lowest BCUT2D eigenvalue weighted by Crippen LogP contribution is -2.51. The fourth-order valence-corrected chi connectivity index (χ4v) is 7.03. The molecule has 1 amide bonds. The molecule has 2 aliphatic heterocycles. The van der Waals surface area contributed by atoms with Crippen molar-refractivity contribution in [2.45, 2.75) is 63.5 Å². The highest BCUT2D eigenvalue weighted by molar-refractivity contribution is 7.91. The molecule has 5 rings (SSSR count). The summed E-state index contributed by atoms with van der Waals surface area (Å²) in [4.78, 5) is 13.4. The largest absolute Gasteiger partial charge is 0.493 e. The van der Waals surface area contributed by atoms with Gasteiger partial charge in [-0.2, -0.15) is 5.10 Å². The monoisotopic (exact) mass is 472 g/mol. The maximum atomic E-state index is 13.4. The SMILES string of the molecule is COc1ccc(C2=NN(C3CCS(=O)(=O)CC3)C(=O)[C@@H]3CC=CC[C@H]23)cc1OC1CCCC1. The first-order valence-corrected chi connectivity index (χ1v) is 13.9. The van der Waals surface area contributed by atoms with Crippen molar-refractivity contribution in [1.29, 1.82) is 0 Å². The molecule has 0 bridgehead atoms. The van der Waals surface area contributed by atoms with Gasteiger partial charge >= 0.3 is 0 Å². The van der Waals surface area contributed by atoms with Crippen molar-refractivity contribution in [3.63, 3.8) is 0 Å². The van der Waals surface area contributed by atoms with E-state index >= 15 is 0 Å². The second-order valence-electron chi connectivity index (χ2n) is 9.60. The van der Waals surface area contributed by atoms with Crippen molar-refractivity contribution < 1.29 is 22.7 Å². The molecule has 0 unspecified atom stereocenters. The van der Waals surface area contributed by atoms with Crippen molar-refractivity contribution in [2.75, 3.05) is 18.6 Å². The molecule has 2 heterocycles. The Hall–Kier alpha value is -2.35. The lowest BCUT2D eigenvalue weighted by atomic mass is 9.76. The van der Waals surface area contributed by atoms with Crippen molar-refractivity contribution in [3.05, 3.63) is 35.9 Å². The number of carbonyl (C=O) groups is 1. The summed E-state index contributed by atoms with van der Waals surface area (Å²) in [7, 11) is -1.37. The first-order chi connectivity index (χ1) is 15.9. The summed E-state index contributed by atoms with van der Waals surface area (Å²) in [6.45, 7) is 0. The van der Waals surface area contributed by atoms with E-state index in [1.165, 1.54) is 12.8 Å². The topological polar surface area (TPSA) is 85.3 Å². The zero-order chi connectivity index (χ0) is 23.0. The Bertz CT molecular complexity index is 1060. The number of hydrogen-bond donors (Lipinski definition) is 0. The van der Waals surface area contributed by atoms with Gasteiger partial charge in [-0.05, 0) is 69.6 Å². The lowest BCUT2D eigenvalue weighted by Gasteiger charge is -2.41. The van der Waals surface area contributed by atoms with Crippen LogP contribution in [0.25, 0.3) is 0 Å². The van der Waals surface area contributed by atoms with Crippen molar-refractivity contribution in [1.82, 2.24) is 5.01 Å². The molecule has 2 fully saturated rings. The molecule has 2 atom stereocenters. The molecule has 1 saturated carbocycles. The molecule has 1 aromatic carbocycles. The molecule has 0 N–H and O–H groups in total. The number of amides is 1. The first-order valence-electron chi connectivity index (χ1n) is 12.1. The van der Waals surface area contributed by atoms with Crippen molar-refractivity contribution in [2.24, 2.45) is 16.9 Å². The molecule has 2 aliphatic carbocycles. The van der Waals surface area contributed by atoms with E-state index in [4.69, 9.17) is 14.6 Å². The van der Waals surface area contributed by atoms with Gasteiger partial charge in [-0.15, -0.1) is 0 Å². The Morgan fingerprint density at radius 2 is 1.67 bits per heavy atom. The third-order valence-corrected chi connectivity index (χ3v) is 9.18. The zero-order valence-electron chi connectivity index (χ0n) is 19.1. The van der Waals surface area contributed by atoms with Crippen LogP contribution >= 0.6 is 0 Å². The highest BCUT2D eigenvalue weighted by atomic mass is 32.2. The summed E-state index contributed by atoms with van der Waals surface area (Å²) in [5, 5.41) is 6.50. The minimum atomic E-state index is -3.01. The molecule has 1 aromatic rings. The number of allylic oxidation sites excluding steroid dienone is 2. The van der Waals surface area contributed by atoms with Crippen LogP contribution < -0.4 is 9.47 Å². The van der Waals surface area contributed by atoms with Gasteiger partial charge in [-0.25, -0.2) is 13.4 Å². The van der Waals surface area contributed by atoms with Crippen LogP contribution in [0.5, 0.6) is 11.5 Å². The molecular weight excluding hydrogens is 440 g/mol. The molecule has 8 heteroatoms. The van der Waals surface area contributed by atoms with Gasteiger partial charge in [0, 0.05) is 11.5 Å². The summed E-state index contributed by atoms with van der Waals surface area (Å²) in [5.41, 5.74) is 1.83. The van der Waals surface area contributed by atoms with Crippen LogP contribution in [0.15, 0.2) is 35.5 Å². The van der Waals surface area contributed by atoms with Gasteiger partial charge in [0.2, 0.25) is 5.91 Å². The van der Waals surface area contributed by atoms with Gasteiger partial charge in [-0.1, -0.05) is 12.2 Å². The molecule has 1 saturated heterocycles. The summed E-state index contributed by atoms with van der Waals surface area (Å²) in [5.74, 6) is 1.52. The van der Waals surface area contributed by atoms with E-state index in [0.717, 1.165) is 36.3 Å². The van der Waals surface area contributed by atoms with Crippen molar-refractivity contribution in [3.8, 4) is 11.5 Å². The molecule has 4 aliphatic rings. The minimum absolute atomic E-state index is 0.0128. The molecule has 178 valence electrons. The molecular formula is C25H32N2O5S. The number of hydrazone groups is 1. The van der Waals surface area contributed by atoms with Gasteiger partial charge in [-0.3, -0.25) is 4.79 Å². The number of sulfone groups is 1. The van der Waals surface area contributed by atoms with Crippen LogP contribution in [0.1, 0.15) is 56.9 Å². The van der Waals surface area contributed by atoms with E-state index in [-0.39, 0.29) is 41.4 Å². The highest BCUT2D eigenvalue weighted by Crippen LogP contribution is 2.39.